The number of carbonyl (C=O) groups is 2. The van der Waals surface area contributed by atoms with Crippen LogP contribution in [-0.2, 0) is 20.7 Å². The molecule has 124 valence electrons. The van der Waals surface area contributed by atoms with Gasteiger partial charge in [-0.25, -0.2) is 4.98 Å². The minimum Gasteiger partial charge on any atom is -0.452 e. The average Bonchev–Trinajstić information content (AvgIpc) is 3.10. The normalized spacial score (nSPS) is 12.1. The van der Waals surface area contributed by atoms with Crippen LogP contribution in [0.25, 0.3) is 4.96 Å². The Morgan fingerprint density at radius 3 is 2.83 bits per heavy atom. The first-order valence-electron chi connectivity index (χ1n) is 7.18. The zero-order chi connectivity index (χ0) is 17.1. The summed E-state index contributed by atoms with van der Waals surface area (Å²) in [6, 6.07) is 6.68. The highest BCUT2D eigenvalue weighted by Gasteiger charge is 2.19. The fourth-order valence-electron chi connectivity index (χ4n) is 2.08. The van der Waals surface area contributed by atoms with Gasteiger partial charge in [0.2, 0.25) is 0 Å². The number of esters is 1. The van der Waals surface area contributed by atoms with E-state index in [0.29, 0.717) is 16.4 Å². The molecule has 0 radical (unpaired) electrons. The fourth-order valence-corrected chi connectivity index (χ4v) is 2.92. The monoisotopic (exact) mass is 363 g/mol. The third-order valence-corrected chi connectivity index (χ3v) is 4.28. The van der Waals surface area contributed by atoms with Crippen LogP contribution in [0.2, 0.25) is 5.02 Å². The molecule has 2 aromatic heterocycles. The SMILES string of the molecule is C[C@@H](OC(=O)Cc1cn2ccsc2n1)C(=O)Nc1ccc(Cl)cc1. The number of anilines is 1. The van der Waals surface area contributed by atoms with E-state index in [4.69, 9.17) is 16.3 Å². The Bertz CT molecular complexity index is 844. The molecule has 8 heteroatoms. The van der Waals surface area contributed by atoms with Gasteiger partial charge in [0, 0.05) is 28.5 Å². The first-order valence-corrected chi connectivity index (χ1v) is 8.44. The lowest BCUT2D eigenvalue weighted by atomic mass is 10.3. The van der Waals surface area contributed by atoms with Crippen LogP contribution in [0.5, 0.6) is 0 Å². The maximum absolute atomic E-state index is 12.0. The summed E-state index contributed by atoms with van der Waals surface area (Å²) in [5, 5.41) is 5.15. The number of carbonyl (C=O) groups excluding carboxylic acids is 2. The zero-order valence-corrected chi connectivity index (χ0v) is 14.3. The van der Waals surface area contributed by atoms with Crippen molar-refractivity contribution in [2.75, 3.05) is 5.32 Å². The van der Waals surface area contributed by atoms with Gasteiger partial charge in [-0.15, -0.1) is 11.3 Å². The van der Waals surface area contributed by atoms with E-state index in [1.54, 1.807) is 30.5 Å². The van der Waals surface area contributed by atoms with Crippen molar-refractivity contribution >= 4 is 45.5 Å². The van der Waals surface area contributed by atoms with Crippen molar-refractivity contribution in [1.82, 2.24) is 9.38 Å². The van der Waals surface area contributed by atoms with E-state index in [0.717, 1.165) is 4.96 Å². The number of nitrogens with zero attached hydrogens (tertiary/aromatic N) is 2. The molecule has 0 aliphatic carbocycles. The number of nitrogens with one attached hydrogen (secondary N) is 1. The van der Waals surface area contributed by atoms with Gasteiger partial charge in [-0.2, -0.15) is 0 Å². The van der Waals surface area contributed by atoms with Gasteiger partial charge in [0.15, 0.2) is 11.1 Å². The Morgan fingerprint density at radius 1 is 1.38 bits per heavy atom. The van der Waals surface area contributed by atoms with Crippen LogP contribution in [0.15, 0.2) is 42.0 Å². The number of hydrogen-bond donors (Lipinski definition) is 1. The first-order chi connectivity index (χ1) is 11.5. The molecule has 0 aliphatic heterocycles. The molecule has 1 atom stereocenters. The number of thiazole rings is 1. The van der Waals surface area contributed by atoms with E-state index in [1.165, 1.54) is 18.3 Å². The molecule has 0 saturated heterocycles. The Labute approximate surface area is 147 Å². The van der Waals surface area contributed by atoms with Crippen LogP contribution in [0.4, 0.5) is 5.69 Å². The highest BCUT2D eigenvalue weighted by molar-refractivity contribution is 7.15. The minimum atomic E-state index is -0.906. The van der Waals surface area contributed by atoms with Gasteiger partial charge >= 0.3 is 5.97 Å². The standard InChI is InChI=1S/C16H14ClN3O3S/c1-10(15(22)18-12-4-2-11(17)3-5-12)23-14(21)8-13-9-20-6-7-24-16(20)19-13/h2-7,9-10H,8H2,1H3,(H,18,22)/t10-/m1/s1. The zero-order valence-electron chi connectivity index (χ0n) is 12.7. The van der Waals surface area contributed by atoms with E-state index < -0.39 is 18.0 Å². The van der Waals surface area contributed by atoms with E-state index in [9.17, 15) is 9.59 Å². The molecule has 0 fully saturated rings. The van der Waals surface area contributed by atoms with Crippen LogP contribution in [-0.4, -0.2) is 27.4 Å². The topological polar surface area (TPSA) is 72.7 Å². The first kappa shape index (κ1) is 16.5. The Kier molecular flexibility index (Phi) is 4.82. The lowest BCUT2D eigenvalue weighted by Crippen LogP contribution is -2.30. The van der Waals surface area contributed by atoms with E-state index in [2.05, 4.69) is 10.3 Å². The summed E-state index contributed by atoms with van der Waals surface area (Å²) in [4.78, 5) is 29.1. The summed E-state index contributed by atoms with van der Waals surface area (Å²) in [5.74, 6) is -0.906. The van der Waals surface area contributed by atoms with Gasteiger partial charge in [0.1, 0.15) is 0 Å². The Balaban J connectivity index is 1.54. The maximum Gasteiger partial charge on any atom is 0.312 e. The van der Waals surface area contributed by atoms with Crippen molar-refractivity contribution in [3.63, 3.8) is 0 Å². The van der Waals surface area contributed by atoms with Crippen molar-refractivity contribution in [2.24, 2.45) is 0 Å². The molecule has 1 amide bonds. The number of fused-ring (bicyclic) bond motifs is 1. The van der Waals surface area contributed by atoms with Gasteiger partial charge in [0.25, 0.3) is 5.91 Å². The molecule has 0 saturated carbocycles. The lowest BCUT2D eigenvalue weighted by Gasteiger charge is -2.13. The smallest absolute Gasteiger partial charge is 0.312 e. The number of ether oxygens (including phenoxy) is 1. The third kappa shape index (κ3) is 3.93. The summed E-state index contributed by atoms with van der Waals surface area (Å²) in [7, 11) is 0. The summed E-state index contributed by atoms with van der Waals surface area (Å²) in [5.41, 5.74) is 1.19. The Morgan fingerprint density at radius 2 is 2.12 bits per heavy atom. The maximum atomic E-state index is 12.0. The van der Waals surface area contributed by atoms with E-state index >= 15 is 0 Å². The van der Waals surface area contributed by atoms with Gasteiger partial charge < -0.3 is 10.1 Å². The molecule has 3 rings (SSSR count). The Hall–Kier alpha value is -2.38. The van der Waals surface area contributed by atoms with Crippen molar-refractivity contribution in [3.05, 3.63) is 52.8 Å². The molecule has 0 aliphatic rings. The van der Waals surface area contributed by atoms with E-state index in [-0.39, 0.29) is 6.42 Å². The predicted octanol–water partition coefficient (Wildman–Crippen LogP) is 3.16. The molecule has 1 aromatic carbocycles. The minimum absolute atomic E-state index is 0.0208. The molecule has 6 nitrogen and oxygen atoms in total. The highest BCUT2D eigenvalue weighted by Crippen LogP contribution is 2.14. The number of halogens is 1. The fraction of sp³-hybridized carbons (Fsp3) is 0.188. The predicted molar refractivity (Wildman–Crippen MR) is 92.4 cm³/mol. The number of hydrogen-bond acceptors (Lipinski definition) is 5. The van der Waals surface area contributed by atoms with Gasteiger partial charge in [0.05, 0.1) is 12.1 Å². The molecule has 24 heavy (non-hydrogen) atoms. The van der Waals surface area contributed by atoms with E-state index in [1.807, 2.05) is 16.0 Å². The summed E-state index contributed by atoms with van der Waals surface area (Å²) < 4.78 is 7.00. The van der Waals surface area contributed by atoms with Crippen LogP contribution in [0, 0.1) is 0 Å². The van der Waals surface area contributed by atoms with Gasteiger partial charge in [-0.3, -0.25) is 14.0 Å². The number of rotatable bonds is 5. The molecular weight excluding hydrogens is 350 g/mol. The highest BCUT2D eigenvalue weighted by atomic mass is 35.5. The summed E-state index contributed by atoms with van der Waals surface area (Å²) in [6.45, 7) is 1.52. The largest absolute Gasteiger partial charge is 0.452 e. The quantitative estimate of drug-likeness (QED) is 0.707. The second-order valence-corrected chi connectivity index (χ2v) is 6.44. The summed E-state index contributed by atoms with van der Waals surface area (Å²) >= 11 is 7.27. The van der Waals surface area contributed by atoms with Gasteiger partial charge in [-0.1, -0.05) is 11.6 Å². The molecule has 0 spiro atoms. The van der Waals surface area contributed by atoms with Gasteiger partial charge in [-0.05, 0) is 31.2 Å². The molecule has 2 heterocycles. The molecule has 0 unspecified atom stereocenters. The number of benzene rings is 1. The number of imidazole rings is 1. The second-order valence-electron chi connectivity index (χ2n) is 5.13. The molecule has 3 aromatic rings. The second kappa shape index (κ2) is 7.02. The van der Waals surface area contributed by atoms with Crippen LogP contribution < -0.4 is 5.32 Å². The van der Waals surface area contributed by atoms with Crippen LogP contribution in [0.1, 0.15) is 12.6 Å². The average molecular weight is 364 g/mol. The van der Waals surface area contributed by atoms with Crippen molar-refractivity contribution in [1.29, 1.82) is 0 Å². The number of aromatic nitrogens is 2. The third-order valence-electron chi connectivity index (χ3n) is 3.26. The molecule has 1 N–H and O–H groups in total. The molecule has 0 bridgehead atoms. The lowest BCUT2D eigenvalue weighted by molar-refractivity contribution is -0.152. The van der Waals surface area contributed by atoms with Crippen molar-refractivity contribution in [3.8, 4) is 0 Å². The van der Waals surface area contributed by atoms with Crippen LogP contribution in [0.3, 0.4) is 0 Å². The molecular formula is C16H14ClN3O3S. The van der Waals surface area contributed by atoms with Crippen molar-refractivity contribution in [2.45, 2.75) is 19.4 Å². The number of amides is 1. The summed E-state index contributed by atoms with van der Waals surface area (Å²) in [6.07, 6.45) is 2.75. The van der Waals surface area contributed by atoms with Crippen molar-refractivity contribution < 1.29 is 14.3 Å². The van der Waals surface area contributed by atoms with Crippen LogP contribution >= 0.6 is 22.9 Å².